The van der Waals surface area contributed by atoms with Gasteiger partial charge in [-0.3, -0.25) is 4.79 Å². The highest BCUT2D eigenvalue weighted by Crippen LogP contribution is 2.27. The van der Waals surface area contributed by atoms with Crippen LogP contribution in [0.3, 0.4) is 0 Å². The molecule has 0 spiro atoms. The molecule has 0 aliphatic carbocycles. The van der Waals surface area contributed by atoms with Crippen molar-refractivity contribution in [2.24, 2.45) is 0 Å². The Hall–Kier alpha value is -1.79. The first-order valence-electron chi connectivity index (χ1n) is 4.19. The lowest BCUT2D eigenvalue weighted by Gasteiger charge is -2.09. The summed E-state index contributed by atoms with van der Waals surface area (Å²) in [6.45, 7) is 0. The molecule has 1 aromatic rings. The number of carboxylic acids is 1. The fourth-order valence-corrected chi connectivity index (χ4v) is 1.16. The van der Waals surface area contributed by atoms with Crippen LogP contribution in [0.15, 0.2) is 6.07 Å². The number of carbonyl (C=O) groups is 1. The topological polar surface area (TPSA) is 59.4 Å². The molecule has 1 heterocycles. The van der Waals surface area contributed by atoms with E-state index in [1.807, 2.05) is 0 Å². The number of nitrogens with zero attached hydrogens (tertiary/aromatic N) is 1. The predicted molar refractivity (Wildman–Crippen MR) is 47.0 cm³/mol. The molecule has 0 aliphatic heterocycles. The van der Waals surface area contributed by atoms with E-state index in [-0.39, 0.29) is 5.88 Å². The SMILES string of the molecule is COc1cc(C(F)F)c(CC(=O)O)c(F)n1. The maximum Gasteiger partial charge on any atom is 0.308 e. The summed E-state index contributed by atoms with van der Waals surface area (Å²) in [7, 11) is 1.15. The zero-order valence-corrected chi connectivity index (χ0v) is 8.21. The molecule has 0 radical (unpaired) electrons. The molecule has 0 atom stereocenters. The highest BCUT2D eigenvalue weighted by molar-refractivity contribution is 5.70. The van der Waals surface area contributed by atoms with Crippen LogP contribution >= 0.6 is 0 Å². The third-order valence-electron chi connectivity index (χ3n) is 1.86. The quantitative estimate of drug-likeness (QED) is 0.808. The van der Waals surface area contributed by atoms with E-state index >= 15 is 0 Å². The zero-order valence-electron chi connectivity index (χ0n) is 8.21. The van der Waals surface area contributed by atoms with Crippen molar-refractivity contribution in [3.63, 3.8) is 0 Å². The first-order chi connectivity index (χ1) is 7.45. The second kappa shape index (κ2) is 4.82. The Morgan fingerprint density at radius 3 is 2.69 bits per heavy atom. The third-order valence-corrected chi connectivity index (χ3v) is 1.86. The van der Waals surface area contributed by atoms with Gasteiger partial charge in [0.1, 0.15) is 0 Å². The Labute approximate surface area is 88.7 Å². The summed E-state index contributed by atoms with van der Waals surface area (Å²) < 4.78 is 42.8. The molecule has 0 aliphatic rings. The van der Waals surface area contributed by atoms with Gasteiger partial charge in [0.15, 0.2) is 0 Å². The van der Waals surface area contributed by atoms with Crippen molar-refractivity contribution < 1.29 is 27.8 Å². The monoisotopic (exact) mass is 235 g/mol. The molecule has 1 aromatic heterocycles. The smallest absolute Gasteiger partial charge is 0.308 e. The number of aliphatic carboxylic acids is 1. The van der Waals surface area contributed by atoms with Gasteiger partial charge in [-0.05, 0) is 0 Å². The summed E-state index contributed by atoms with van der Waals surface area (Å²) in [6, 6.07) is 0.825. The van der Waals surface area contributed by atoms with Gasteiger partial charge in [-0.25, -0.2) is 8.78 Å². The average molecular weight is 235 g/mol. The largest absolute Gasteiger partial charge is 0.481 e. The van der Waals surface area contributed by atoms with Crippen molar-refractivity contribution in [1.29, 1.82) is 0 Å². The molecule has 88 valence electrons. The predicted octanol–water partition coefficient (Wildman–Crippen LogP) is 1.79. The second-order valence-corrected chi connectivity index (χ2v) is 2.89. The first kappa shape index (κ1) is 12.3. The summed E-state index contributed by atoms with van der Waals surface area (Å²) in [5, 5.41) is 8.45. The Balaban J connectivity index is 3.27. The number of pyridine rings is 1. The number of halogens is 3. The molecular weight excluding hydrogens is 227 g/mol. The normalized spacial score (nSPS) is 10.6. The minimum absolute atomic E-state index is 0.318. The van der Waals surface area contributed by atoms with Crippen molar-refractivity contribution in [3.8, 4) is 5.88 Å². The number of alkyl halides is 2. The van der Waals surface area contributed by atoms with Gasteiger partial charge in [-0.15, -0.1) is 0 Å². The first-order valence-corrected chi connectivity index (χ1v) is 4.19. The molecule has 1 rings (SSSR count). The zero-order chi connectivity index (χ0) is 12.3. The van der Waals surface area contributed by atoms with Crippen LogP contribution in [0.1, 0.15) is 17.6 Å². The maximum absolute atomic E-state index is 13.2. The van der Waals surface area contributed by atoms with E-state index in [1.54, 1.807) is 0 Å². The number of hydrogen-bond donors (Lipinski definition) is 1. The molecule has 0 saturated carbocycles. The number of hydrogen-bond acceptors (Lipinski definition) is 3. The summed E-state index contributed by atoms with van der Waals surface area (Å²) in [6.07, 6.45) is -3.83. The number of ether oxygens (including phenoxy) is 1. The van der Waals surface area contributed by atoms with Gasteiger partial charge in [0.25, 0.3) is 6.43 Å². The minimum atomic E-state index is -2.99. The van der Waals surface area contributed by atoms with Crippen LogP contribution in [-0.4, -0.2) is 23.2 Å². The molecule has 0 amide bonds. The van der Waals surface area contributed by atoms with Crippen molar-refractivity contribution >= 4 is 5.97 Å². The molecule has 0 aromatic carbocycles. The summed E-state index contributed by atoms with van der Waals surface area (Å²) in [4.78, 5) is 13.6. The van der Waals surface area contributed by atoms with Crippen LogP contribution in [0, 0.1) is 5.95 Å². The van der Waals surface area contributed by atoms with Crippen LogP contribution in [0.5, 0.6) is 5.88 Å². The molecule has 4 nitrogen and oxygen atoms in total. The van der Waals surface area contributed by atoms with Gasteiger partial charge in [0, 0.05) is 17.2 Å². The van der Waals surface area contributed by atoms with E-state index in [9.17, 15) is 18.0 Å². The minimum Gasteiger partial charge on any atom is -0.481 e. The molecule has 16 heavy (non-hydrogen) atoms. The standard InChI is InChI=1S/C9H8F3NO3/c1-16-6-2-4(8(10)11)5(3-7(14)15)9(12)13-6/h2,8H,3H2,1H3,(H,14,15). The lowest BCUT2D eigenvalue weighted by Crippen LogP contribution is -2.09. The Morgan fingerprint density at radius 2 is 2.25 bits per heavy atom. The average Bonchev–Trinajstić information content (AvgIpc) is 2.19. The Morgan fingerprint density at radius 1 is 1.62 bits per heavy atom. The highest BCUT2D eigenvalue weighted by atomic mass is 19.3. The molecule has 7 heteroatoms. The fraction of sp³-hybridized carbons (Fsp3) is 0.333. The van der Waals surface area contributed by atoms with Crippen molar-refractivity contribution in [2.45, 2.75) is 12.8 Å². The number of methoxy groups -OCH3 is 1. The van der Waals surface area contributed by atoms with Gasteiger partial charge in [0.05, 0.1) is 13.5 Å². The van der Waals surface area contributed by atoms with Crippen molar-refractivity contribution in [3.05, 3.63) is 23.1 Å². The van der Waals surface area contributed by atoms with Crippen LogP contribution in [0.25, 0.3) is 0 Å². The molecular formula is C9H8F3NO3. The lowest BCUT2D eigenvalue weighted by atomic mass is 10.1. The molecule has 0 saturated heterocycles. The Kier molecular flexibility index (Phi) is 3.70. The van der Waals surface area contributed by atoms with E-state index in [1.165, 1.54) is 0 Å². The summed E-state index contributed by atoms with van der Waals surface area (Å²) in [5.74, 6) is -2.98. The van der Waals surface area contributed by atoms with Gasteiger partial charge in [0.2, 0.25) is 11.8 Å². The van der Waals surface area contributed by atoms with E-state index < -0.39 is 35.9 Å². The second-order valence-electron chi connectivity index (χ2n) is 2.89. The summed E-state index contributed by atoms with van der Waals surface area (Å²) >= 11 is 0. The van der Waals surface area contributed by atoms with E-state index in [4.69, 9.17) is 5.11 Å². The van der Waals surface area contributed by atoms with Gasteiger partial charge >= 0.3 is 5.97 Å². The number of carboxylic acid groups (broad SMARTS) is 1. The number of aromatic nitrogens is 1. The van der Waals surface area contributed by atoms with Crippen molar-refractivity contribution in [2.75, 3.05) is 7.11 Å². The molecule has 1 N–H and O–H groups in total. The summed E-state index contributed by atoms with van der Waals surface area (Å²) in [5.41, 5.74) is -1.34. The van der Waals surface area contributed by atoms with Gasteiger partial charge in [-0.1, -0.05) is 0 Å². The van der Waals surface area contributed by atoms with E-state index in [0.717, 1.165) is 13.2 Å². The Bertz CT molecular complexity index is 409. The van der Waals surface area contributed by atoms with Crippen LogP contribution in [0.4, 0.5) is 13.2 Å². The van der Waals surface area contributed by atoms with Gasteiger partial charge in [-0.2, -0.15) is 9.37 Å². The maximum atomic E-state index is 13.2. The molecule has 0 fully saturated rings. The van der Waals surface area contributed by atoms with Gasteiger partial charge < -0.3 is 9.84 Å². The van der Waals surface area contributed by atoms with Crippen molar-refractivity contribution in [1.82, 2.24) is 4.98 Å². The third kappa shape index (κ3) is 2.62. The highest BCUT2D eigenvalue weighted by Gasteiger charge is 2.21. The van der Waals surface area contributed by atoms with E-state index in [0.29, 0.717) is 0 Å². The lowest BCUT2D eigenvalue weighted by molar-refractivity contribution is -0.136. The van der Waals surface area contributed by atoms with Crippen LogP contribution < -0.4 is 4.74 Å². The molecule has 0 bridgehead atoms. The van der Waals surface area contributed by atoms with E-state index in [2.05, 4.69) is 9.72 Å². The van der Waals surface area contributed by atoms with Crippen LogP contribution in [0.2, 0.25) is 0 Å². The number of rotatable bonds is 4. The van der Waals surface area contributed by atoms with Crippen LogP contribution in [-0.2, 0) is 11.2 Å². The fourth-order valence-electron chi connectivity index (χ4n) is 1.16. The molecule has 0 unspecified atom stereocenters.